The van der Waals surface area contributed by atoms with Crippen LogP contribution in [0.2, 0.25) is 0 Å². The van der Waals surface area contributed by atoms with Gasteiger partial charge in [0.05, 0.1) is 10.1 Å². The second kappa shape index (κ2) is 6.34. The van der Waals surface area contributed by atoms with Gasteiger partial charge in [0.25, 0.3) is 5.76 Å². The number of ether oxygens (including phenoxy) is 1. The molecule has 26 heavy (non-hydrogen) atoms. The number of phenolic OH excluding ortho intramolecular Hbond substituents is 1. The molecule has 0 saturated heterocycles. The number of benzene rings is 2. The van der Waals surface area contributed by atoms with Gasteiger partial charge in [0.1, 0.15) is 17.1 Å². The molecule has 0 fully saturated rings. The molecule has 2 aromatic carbocycles. The van der Waals surface area contributed by atoms with Crippen molar-refractivity contribution in [3.05, 3.63) is 58.3 Å². The average molecular weight is 382 g/mol. The van der Waals surface area contributed by atoms with Crippen LogP contribution in [0.3, 0.4) is 0 Å². The lowest BCUT2D eigenvalue weighted by molar-refractivity contribution is -0.154. The lowest BCUT2D eigenvalue weighted by Crippen LogP contribution is -2.08. The molecule has 2 N–H and O–H groups in total. The summed E-state index contributed by atoms with van der Waals surface area (Å²) in [7, 11) is 0. The molecule has 0 saturated carbocycles. The summed E-state index contributed by atoms with van der Waals surface area (Å²) in [4.78, 5) is 10.8. The zero-order valence-electron chi connectivity index (χ0n) is 12.7. The highest BCUT2D eigenvalue weighted by Crippen LogP contribution is 2.42. The first-order chi connectivity index (χ1) is 12.2. The van der Waals surface area contributed by atoms with Crippen molar-refractivity contribution in [2.75, 3.05) is 0 Å². The van der Waals surface area contributed by atoms with Crippen molar-refractivity contribution in [1.82, 2.24) is 0 Å². The second-order valence-electron chi connectivity index (χ2n) is 5.20. The highest BCUT2D eigenvalue weighted by molar-refractivity contribution is 7.71. The quantitative estimate of drug-likeness (QED) is 0.592. The molecule has 9 heteroatoms. The summed E-state index contributed by atoms with van der Waals surface area (Å²) in [6.45, 7) is 0. The normalized spacial score (nSPS) is 11.5. The highest BCUT2D eigenvalue weighted by atomic mass is 32.1. The summed E-state index contributed by atoms with van der Waals surface area (Å²) in [5.74, 6) is -3.67. The van der Waals surface area contributed by atoms with Gasteiger partial charge in [-0.15, -0.1) is 0 Å². The Labute approximate surface area is 148 Å². The minimum absolute atomic E-state index is 0.0417. The molecule has 0 unspecified atom stereocenters. The number of halogens is 3. The van der Waals surface area contributed by atoms with Gasteiger partial charge in [-0.2, -0.15) is 13.2 Å². The Hall–Kier alpha value is -3.07. The van der Waals surface area contributed by atoms with Crippen molar-refractivity contribution in [3.8, 4) is 17.2 Å². The first-order valence-electron chi connectivity index (χ1n) is 7.05. The van der Waals surface area contributed by atoms with E-state index in [-0.39, 0.29) is 32.5 Å². The molecule has 0 spiro atoms. The van der Waals surface area contributed by atoms with Crippen LogP contribution in [0.25, 0.3) is 11.0 Å². The Morgan fingerprint density at radius 1 is 1.12 bits per heavy atom. The van der Waals surface area contributed by atoms with E-state index in [1.165, 1.54) is 36.4 Å². The first-order valence-corrected chi connectivity index (χ1v) is 7.46. The third-order valence-corrected chi connectivity index (χ3v) is 3.82. The number of hydrogen-bond donors (Lipinski definition) is 2. The van der Waals surface area contributed by atoms with Crippen molar-refractivity contribution in [2.24, 2.45) is 0 Å². The lowest BCUT2D eigenvalue weighted by atomic mass is 10.2. The Morgan fingerprint density at radius 3 is 2.35 bits per heavy atom. The molecule has 0 radical (unpaired) electrons. The van der Waals surface area contributed by atoms with Crippen molar-refractivity contribution >= 4 is 29.2 Å². The molecule has 3 aromatic rings. The number of hydrogen-bond acceptors (Lipinski definition) is 5. The van der Waals surface area contributed by atoms with Gasteiger partial charge in [0.2, 0.25) is 0 Å². The van der Waals surface area contributed by atoms with Gasteiger partial charge >= 0.3 is 12.1 Å². The summed E-state index contributed by atoms with van der Waals surface area (Å²) in [5, 5.41) is 18.5. The standard InChI is InChI=1S/C17H9F3O5S/c18-17(19,20)15-13(24-10-4-1-8(2-5-10)16(22)23)14(26)11-6-3-9(21)7-12(11)25-15/h1-7,21H,(H,22,23). The van der Waals surface area contributed by atoms with E-state index in [1.807, 2.05) is 0 Å². The Bertz CT molecular complexity index is 1050. The number of carboxylic acid groups (broad SMARTS) is 1. The number of phenols is 1. The molecule has 0 aliphatic heterocycles. The van der Waals surface area contributed by atoms with E-state index in [0.29, 0.717) is 0 Å². The molecule has 3 rings (SSSR count). The van der Waals surface area contributed by atoms with E-state index in [9.17, 15) is 23.1 Å². The van der Waals surface area contributed by atoms with E-state index in [0.717, 1.165) is 6.07 Å². The first kappa shape index (κ1) is 17.7. The maximum absolute atomic E-state index is 13.4. The summed E-state index contributed by atoms with van der Waals surface area (Å²) in [5.41, 5.74) is -0.290. The van der Waals surface area contributed by atoms with Crippen LogP contribution in [0.15, 0.2) is 46.9 Å². The predicted octanol–water partition coefficient (Wildman–Crippen LogP) is 5.38. The van der Waals surface area contributed by atoms with Crippen LogP contribution in [-0.4, -0.2) is 16.2 Å². The Kier molecular flexibility index (Phi) is 4.33. The molecule has 0 atom stereocenters. The van der Waals surface area contributed by atoms with Crippen LogP contribution in [0.5, 0.6) is 17.2 Å². The predicted molar refractivity (Wildman–Crippen MR) is 87.2 cm³/mol. The fourth-order valence-electron chi connectivity index (χ4n) is 2.23. The molecular weight excluding hydrogens is 373 g/mol. The maximum atomic E-state index is 13.4. The van der Waals surface area contributed by atoms with Gasteiger partial charge in [0.15, 0.2) is 5.75 Å². The molecule has 0 bridgehead atoms. The van der Waals surface area contributed by atoms with E-state index in [4.69, 9.17) is 26.5 Å². The van der Waals surface area contributed by atoms with E-state index in [1.54, 1.807) is 0 Å². The fourth-order valence-corrected chi connectivity index (χ4v) is 2.53. The van der Waals surface area contributed by atoms with E-state index < -0.39 is 23.7 Å². The fraction of sp³-hybridized carbons (Fsp3) is 0.0588. The smallest absolute Gasteiger partial charge is 0.453 e. The summed E-state index contributed by atoms with van der Waals surface area (Å²) < 4.78 is 50.0. The van der Waals surface area contributed by atoms with Gasteiger partial charge < -0.3 is 19.4 Å². The van der Waals surface area contributed by atoms with Crippen LogP contribution in [0, 0.1) is 4.51 Å². The molecule has 1 aromatic heterocycles. The topological polar surface area (TPSA) is 79.9 Å². The van der Waals surface area contributed by atoms with Crippen LogP contribution in [-0.2, 0) is 6.18 Å². The van der Waals surface area contributed by atoms with Gasteiger partial charge in [0, 0.05) is 11.5 Å². The number of carbonyl (C=O) groups is 1. The number of aromatic carboxylic acids is 1. The highest BCUT2D eigenvalue weighted by Gasteiger charge is 2.39. The summed E-state index contributed by atoms with van der Waals surface area (Å²) >= 11 is 5.10. The molecular formula is C17H9F3O5S. The number of rotatable bonds is 3. The van der Waals surface area contributed by atoms with E-state index in [2.05, 4.69) is 0 Å². The minimum Gasteiger partial charge on any atom is -0.508 e. The van der Waals surface area contributed by atoms with E-state index >= 15 is 0 Å². The molecule has 0 amide bonds. The average Bonchev–Trinajstić information content (AvgIpc) is 2.56. The van der Waals surface area contributed by atoms with Gasteiger partial charge in [-0.1, -0.05) is 12.2 Å². The van der Waals surface area contributed by atoms with Crippen molar-refractivity contribution in [3.63, 3.8) is 0 Å². The number of fused-ring (bicyclic) bond motifs is 1. The summed E-state index contributed by atoms with van der Waals surface area (Å²) in [6, 6.07) is 8.38. The number of aromatic hydroxyl groups is 1. The molecule has 0 aliphatic rings. The molecule has 5 nitrogen and oxygen atoms in total. The van der Waals surface area contributed by atoms with Crippen molar-refractivity contribution in [1.29, 1.82) is 0 Å². The summed E-state index contributed by atoms with van der Waals surface area (Å²) in [6.07, 6.45) is -4.90. The zero-order chi connectivity index (χ0) is 19.1. The van der Waals surface area contributed by atoms with Crippen LogP contribution < -0.4 is 4.74 Å². The monoisotopic (exact) mass is 382 g/mol. The Morgan fingerprint density at radius 2 is 1.77 bits per heavy atom. The van der Waals surface area contributed by atoms with Gasteiger partial charge in [-0.3, -0.25) is 0 Å². The van der Waals surface area contributed by atoms with Gasteiger partial charge in [-0.25, -0.2) is 4.79 Å². The largest absolute Gasteiger partial charge is 0.508 e. The zero-order valence-corrected chi connectivity index (χ0v) is 13.5. The van der Waals surface area contributed by atoms with Crippen molar-refractivity contribution in [2.45, 2.75) is 6.18 Å². The molecule has 0 aliphatic carbocycles. The number of carboxylic acids is 1. The van der Waals surface area contributed by atoms with Crippen molar-refractivity contribution < 1.29 is 37.3 Å². The minimum atomic E-state index is -4.90. The van der Waals surface area contributed by atoms with Crippen LogP contribution in [0.4, 0.5) is 13.2 Å². The maximum Gasteiger partial charge on any atom is 0.453 e. The van der Waals surface area contributed by atoms with Crippen LogP contribution in [0.1, 0.15) is 16.1 Å². The second-order valence-corrected chi connectivity index (χ2v) is 5.61. The Balaban J connectivity index is 2.17. The number of alkyl halides is 3. The third-order valence-electron chi connectivity index (χ3n) is 3.41. The lowest BCUT2D eigenvalue weighted by Gasteiger charge is -2.14. The molecule has 134 valence electrons. The molecule has 1 heterocycles. The van der Waals surface area contributed by atoms with Gasteiger partial charge in [-0.05, 0) is 36.4 Å². The van der Waals surface area contributed by atoms with Crippen LogP contribution >= 0.6 is 12.2 Å². The third kappa shape index (κ3) is 3.33. The SMILES string of the molecule is O=C(O)c1ccc(Oc2c(C(F)(F)F)oc3cc(O)ccc3c2=S)cc1.